The van der Waals surface area contributed by atoms with Crippen LogP contribution >= 0.6 is 11.6 Å². The molecule has 0 unspecified atom stereocenters. The molecule has 1 saturated carbocycles. The van der Waals surface area contributed by atoms with E-state index in [1.54, 1.807) is 12.1 Å². The second-order valence-corrected chi connectivity index (χ2v) is 12.3. The summed E-state index contributed by atoms with van der Waals surface area (Å²) in [5.74, 6) is -0.558. The molecule has 198 valence electrons. The molecule has 8 heteroatoms. The van der Waals surface area contributed by atoms with Gasteiger partial charge in [0.25, 0.3) is 0 Å². The van der Waals surface area contributed by atoms with Gasteiger partial charge in [-0.2, -0.15) is 4.31 Å². The first-order chi connectivity index (χ1) is 18.3. The number of fused-ring (bicyclic) bond motifs is 1. The predicted molar refractivity (Wildman–Crippen MR) is 146 cm³/mol. The maximum atomic E-state index is 13.4. The third-order valence-corrected chi connectivity index (χ3v) is 9.85. The summed E-state index contributed by atoms with van der Waals surface area (Å²) in [4.78, 5) is 25.2. The highest BCUT2D eigenvalue weighted by molar-refractivity contribution is 7.89. The topological polar surface area (TPSA) is 80.8 Å². The maximum absolute atomic E-state index is 13.4. The summed E-state index contributed by atoms with van der Waals surface area (Å²) in [6, 6.07) is 19.3. The van der Waals surface area contributed by atoms with Gasteiger partial charge in [-0.1, -0.05) is 79.4 Å². The van der Waals surface area contributed by atoms with E-state index in [4.69, 9.17) is 16.3 Å². The van der Waals surface area contributed by atoms with Crippen molar-refractivity contribution in [1.29, 1.82) is 0 Å². The van der Waals surface area contributed by atoms with E-state index in [9.17, 15) is 18.0 Å². The molecule has 0 spiro atoms. The number of esters is 1. The Balaban J connectivity index is 1.24. The van der Waals surface area contributed by atoms with E-state index in [1.165, 1.54) is 60.2 Å². The first kappa shape index (κ1) is 26.6. The lowest BCUT2D eigenvalue weighted by atomic mass is 9.84. The van der Waals surface area contributed by atoms with Gasteiger partial charge in [-0.25, -0.2) is 13.2 Å². The molecule has 3 aromatic carbocycles. The number of benzene rings is 3. The van der Waals surface area contributed by atoms with Gasteiger partial charge < -0.3 is 4.74 Å². The molecule has 0 atom stereocenters. The lowest BCUT2D eigenvalue weighted by Crippen LogP contribution is -2.36. The first-order valence-corrected chi connectivity index (χ1v) is 14.8. The maximum Gasteiger partial charge on any atom is 0.338 e. The van der Waals surface area contributed by atoms with Crippen molar-refractivity contribution in [3.05, 3.63) is 99.6 Å². The number of Topliss-reactive ketones (excluding diaryl/α,β-unsaturated/α-hetero) is 1. The predicted octanol–water partition coefficient (Wildman–Crippen LogP) is 6.17. The van der Waals surface area contributed by atoms with E-state index in [2.05, 4.69) is 0 Å². The molecule has 0 amide bonds. The van der Waals surface area contributed by atoms with Crippen molar-refractivity contribution in [2.45, 2.75) is 55.9 Å². The molecule has 5 rings (SSSR count). The van der Waals surface area contributed by atoms with Crippen LogP contribution in [0.25, 0.3) is 0 Å². The lowest BCUT2D eigenvalue weighted by Gasteiger charge is -2.28. The standard InChI is InChI=1S/C30H30ClNO5S/c31-27-15-14-25(18-29(27)38(35,36)32-17-16-22-8-4-5-9-26(22)19-32)30(34)37-20-28(33)24-12-10-23(11-13-24)21-6-2-1-3-7-21/h4-5,8-15,18,21H,1-3,6-7,16-17,19-20H2. The molecule has 0 aromatic heterocycles. The van der Waals surface area contributed by atoms with Crippen LogP contribution in [0.2, 0.25) is 5.02 Å². The summed E-state index contributed by atoms with van der Waals surface area (Å²) in [6.45, 7) is 0.116. The highest BCUT2D eigenvalue weighted by atomic mass is 35.5. The third kappa shape index (κ3) is 5.70. The molecular weight excluding hydrogens is 522 g/mol. The fourth-order valence-corrected chi connectivity index (χ4v) is 7.24. The molecule has 1 heterocycles. The molecule has 1 aliphatic heterocycles. The van der Waals surface area contributed by atoms with E-state index in [-0.39, 0.29) is 27.8 Å². The molecule has 0 saturated heterocycles. The third-order valence-electron chi connectivity index (χ3n) is 7.52. The second kappa shape index (κ2) is 11.4. The van der Waals surface area contributed by atoms with E-state index in [1.807, 2.05) is 36.4 Å². The number of halogens is 1. The number of hydrogen-bond donors (Lipinski definition) is 0. The van der Waals surface area contributed by atoms with Gasteiger partial charge in [0.1, 0.15) is 4.90 Å². The average molecular weight is 552 g/mol. The molecular formula is C30H30ClNO5S. The molecule has 1 aliphatic carbocycles. The summed E-state index contributed by atoms with van der Waals surface area (Å²) >= 11 is 6.27. The normalized spacial score (nSPS) is 16.6. The Morgan fingerprint density at radius 1 is 0.895 bits per heavy atom. The minimum Gasteiger partial charge on any atom is -0.454 e. The lowest BCUT2D eigenvalue weighted by molar-refractivity contribution is 0.0474. The van der Waals surface area contributed by atoms with Crippen molar-refractivity contribution in [1.82, 2.24) is 4.31 Å². The number of carbonyl (C=O) groups is 2. The number of ether oxygens (including phenoxy) is 1. The van der Waals surface area contributed by atoms with E-state index >= 15 is 0 Å². The molecule has 38 heavy (non-hydrogen) atoms. The van der Waals surface area contributed by atoms with Gasteiger partial charge in [0.05, 0.1) is 10.6 Å². The highest BCUT2D eigenvalue weighted by Gasteiger charge is 2.31. The Bertz CT molecular complexity index is 1450. The van der Waals surface area contributed by atoms with Gasteiger partial charge >= 0.3 is 5.97 Å². The minimum atomic E-state index is -3.95. The van der Waals surface area contributed by atoms with Gasteiger partial charge in [0, 0.05) is 18.7 Å². The number of ketones is 1. The molecule has 0 bridgehead atoms. The van der Waals surface area contributed by atoms with Gasteiger partial charge in [0.15, 0.2) is 12.4 Å². The van der Waals surface area contributed by atoms with Crippen LogP contribution in [-0.4, -0.2) is 37.6 Å². The minimum absolute atomic E-state index is 0.0193. The number of sulfonamides is 1. The number of carbonyl (C=O) groups excluding carboxylic acids is 2. The van der Waals surface area contributed by atoms with Crippen LogP contribution in [0.1, 0.15) is 75.4 Å². The monoisotopic (exact) mass is 551 g/mol. The van der Waals surface area contributed by atoms with Crippen LogP contribution in [0, 0.1) is 0 Å². The second-order valence-electron chi connectivity index (χ2n) is 9.96. The molecule has 0 N–H and O–H groups in total. The SMILES string of the molecule is O=C(COC(=O)c1ccc(Cl)c(S(=O)(=O)N2CCc3ccccc3C2)c1)c1ccc(C2CCCCC2)cc1. The Labute approximate surface area is 228 Å². The van der Waals surface area contributed by atoms with Crippen molar-refractivity contribution in [3.63, 3.8) is 0 Å². The zero-order valence-electron chi connectivity index (χ0n) is 21.1. The summed E-state index contributed by atoms with van der Waals surface area (Å²) in [5, 5.41) is 0.0227. The van der Waals surface area contributed by atoms with Crippen molar-refractivity contribution >= 4 is 33.4 Å². The highest BCUT2D eigenvalue weighted by Crippen LogP contribution is 2.33. The van der Waals surface area contributed by atoms with Gasteiger partial charge in [-0.15, -0.1) is 0 Å². The smallest absolute Gasteiger partial charge is 0.338 e. The number of rotatable bonds is 7. The van der Waals surface area contributed by atoms with Crippen LogP contribution in [0.3, 0.4) is 0 Å². The van der Waals surface area contributed by atoms with Crippen molar-refractivity contribution in [2.75, 3.05) is 13.2 Å². The van der Waals surface area contributed by atoms with Crippen molar-refractivity contribution in [3.8, 4) is 0 Å². The van der Waals surface area contributed by atoms with E-state index < -0.39 is 22.6 Å². The molecule has 6 nitrogen and oxygen atoms in total. The zero-order chi connectivity index (χ0) is 26.7. The fraction of sp³-hybridized carbons (Fsp3) is 0.333. The zero-order valence-corrected chi connectivity index (χ0v) is 22.6. The van der Waals surface area contributed by atoms with Crippen LogP contribution in [0.15, 0.2) is 71.6 Å². The Hall–Kier alpha value is -3.00. The van der Waals surface area contributed by atoms with Crippen molar-refractivity contribution < 1.29 is 22.7 Å². The average Bonchev–Trinajstić information content (AvgIpc) is 2.96. The van der Waals surface area contributed by atoms with Gasteiger partial charge in [-0.3, -0.25) is 4.79 Å². The summed E-state index contributed by atoms with van der Waals surface area (Å²) < 4.78 is 33.5. The molecule has 0 radical (unpaired) electrons. The number of nitrogens with zero attached hydrogens (tertiary/aromatic N) is 1. The van der Waals surface area contributed by atoms with Crippen LogP contribution in [0.5, 0.6) is 0 Å². The van der Waals surface area contributed by atoms with Crippen LogP contribution in [-0.2, 0) is 27.7 Å². The molecule has 2 aliphatic rings. The first-order valence-electron chi connectivity index (χ1n) is 13.0. The number of hydrogen-bond acceptors (Lipinski definition) is 5. The van der Waals surface area contributed by atoms with Crippen molar-refractivity contribution in [2.24, 2.45) is 0 Å². The van der Waals surface area contributed by atoms with E-state index in [0.29, 0.717) is 24.4 Å². The molecule has 1 fully saturated rings. The molecule has 3 aromatic rings. The fourth-order valence-electron chi connectivity index (χ4n) is 5.32. The van der Waals surface area contributed by atoms with Gasteiger partial charge in [-0.05, 0) is 60.1 Å². The van der Waals surface area contributed by atoms with Gasteiger partial charge in [0.2, 0.25) is 10.0 Å². The summed E-state index contributed by atoms with van der Waals surface area (Å²) in [6.07, 6.45) is 6.70. The van der Waals surface area contributed by atoms with E-state index in [0.717, 1.165) is 11.1 Å². The summed E-state index contributed by atoms with van der Waals surface area (Å²) in [7, 11) is -3.95. The Morgan fingerprint density at radius 3 is 2.32 bits per heavy atom. The van der Waals surface area contributed by atoms with Crippen LogP contribution < -0.4 is 0 Å². The summed E-state index contributed by atoms with van der Waals surface area (Å²) in [5.41, 5.74) is 3.80. The van der Waals surface area contributed by atoms with Crippen LogP contribution in [0.4, 0.5) is 0 Å². The quantitative estimate of drug-likeness (QED) is 0.259. The largest absolute Gasteiger partial charge is 0.454 e. The Kier molecular flexibility index (Phi) is 7.98. The Morgan fingerprint density at radius 2 is 1.58 bits per heavy atom.